The molecule has 0 fully saturated rings. The predicted octanol–water partition coefficient (Wildman–Crippen LogP) is 5.54. The summed E-state index contributed by atoms with van der Waals surface area (Å²) in [6.07, 6.45) is 3.34. The van der Waals surface area contributed by atoms with Crippen molar-refractivity contribution in [3.05, 3.63) is 59.5 Å². The number of halogens is 3. The highest BCUT2D eigenvalue weighted by molar-refractivity contribution is 9.10. The summed E-state index contributed by atoms with van der Waals surface area (Å²) in [5.74, 6) is 0.0275. The van der Waals surface area contributed by atoms with Gasteiger partial charge in [0, 0.05) is 35.3 Å². The SMILES string of the molecule is CCn1cc(-c2ncnc3cc(OC(F)F)c(Br)cc23)c(-c2ccccc2)n1. The van der Waals surface area contributed by atoms with E-state index in [1.807, 2.05) is 48.1 Å². The van der Waals surface area contributed by atoms with Crippen LogP contribution in [0, 0.1) is 0 Å². The van der Waals surface area contributed by atoms with Crippen molar-refractivity contribution in [2.24, 2.45) is 0 Å². The van der Waals surface area contributed by atoms with Gasteiger partial charge in [-0.25, -0.2) is 9.97 Å². The van der Waals surface area contributed by atoms with Crippen LogP contribution in [0.1, 0.15) is 6.92 Å². The molecule has 28 heavy (non-hydrogen) atoms. The van der Waals surface area contributed by atoms with Crippen LogP contribution >= 0.6 is 15.9 Å². The molecule has 8 heteroatoms. The molecule has 0 saturated carbocycles. The highest BCUT2D eigenvalue weighted by Crippen LogP contribution is 2.37. The van der Waals surface area contributed by atoms with E-state index in [1.54, 1.807) is 6.07 Å². The van der Waals surface area contributed by atoms with Crippen LogP contribution in [-0.4, -0.2) is 26.4 Å². The molecule has 0 N–H and O–H groups in total. The van der Waals surface area contributed by atoms with Crippen molar-refractivity contribution in [1.29, 1.82) is 0 Å². The highest BCUT2D eigenvalue weighted by Gasteiger charge is 2.18. The van der Waals surface area contributed by atoms with Crippen molar-refractivity contribution in [1.82, 2.24) is 19.7 Å². The third kappa shape index (κ3) is 3.47. The lowest BCUT2D eigenvalue weighted by Crippen LogP contribution is -2.03. The monoisotopic (exact) mass is 444 g/mol. The van der Waals surface area contributed by atoms with Crippen molar-refractivity contribution in [2.45, 2.75) is 20.1 Å². The van der Waals surface area contributed by atoms with E-state index in [1.165, 1.54) is 12.4 Å². The quantitative estimate of drug-likeness (QED) is 0.405. The van der Waals surface area contributed by atoms with E-state index in [2.05, 4.69) is 35.7 Å². The number of fused-ring (bicyclic) bond motifs is 1. The Bertz CT molecular complexity index is 1130. The molecular formula is C20H15BrF2N4O. The number of alkyl halides is 2. The Labute approximate surface area is 168 Å². The van der Waals surface area contributed by atoms with Gasteiger partial charge in [0.05, 0.1) is 15.7 Å². The van der Waals surface area contributed by atoms with Crippen molar-refractivity contribution >= 4 is 26.8 Å². The highest BCUT2D eigenvalue weighted by atomic mass is 79.9. The molecule has 0 saturated heterocycles. The number of hydrogen-bond donors (Lipinski definition) is 0. The normalized spacial score (nSPS) is 11.3. The number of benzene rings is 2. The number of nitrogens with zero attached hydrogens (tertiary/aromatic N) is 4. The zero-order valence-electron chi connectivity index (χ0n) is 14.8. The molecule has 0 amide bonds. The second kappa shape index (κ2) is 7.63. The minimum Gasteiger partial charge on any atom is -0.434 e. The minimum absolute atomic E-state index is 0.0275. The van der Waals surface area contributed by atoms with Gasteiger partial charge in [-0.3, -0.25) is 4.68 Å². The molecular weight excluding hydrogens is 430 g/mol. The van der Waals surface area contributed by atoms with Gasteiger partial charge in [0.2, 0.25) is 0 Å². The number of ether oxygens (including phenoxy) is 1. The van der Waals surface area contributed by atoms with Crippen LogP contribution in [0.5, 0.6) is 5.75 Å². The lowest BCUT2D eigenvalue weighted by atomic mass is 10.0. The molecule has 5 nitrogen and oxygen atoms in total. The molecule has 142 valence electrons. The van der Waals surface area contributed by atoms with Crippen LogP contribution in [0.3, 0.4) is 0 Å². The second-order valence-electron chi connectivity index (χ2n) is 6.01. The van der Waals surface area contributed by atoms with Crippen LogP contribution in [0.4, 0.5) is 8.78 Å². The molecule has 4 aromatic rings. The lowest BCUT2D eigenvalue weighted by molar-refractivity contribution is -0.0502. The molecule has 0 radical (unpaired) electrons. The van der Waals surface area contributed by atoms with Gasteiger partial charge in [-0.2, -0.15) is 13.9 Å². The predicted molar refractivity (Wildman–Crippen MR) is 106 cm³/mol. The number of hydrogen-bond acceptors (Lipinski definition) is 4. The summed E-state index contributed by atoms with van der Waals surface area (Å²) in [7, 11) is 0. The molecule has 4 rings (SSSR count). The van der Waals surface area contributed by atoms with E-state index < -0.39 is 6.61 Å². The van der Waals surface area contributed by atoms with Crippen LogP contribution in [0.25, 0.3) is 33.4 Å². The van der Waals surface area contributed by atoms with Gasteiger partial charge >= 0.3 is 6.61 Å². The molecule has 0 bridgehead atoms. The summed E-state index contributed by atoms with van der Waals surface area (Å²) in [6, 6.07) is 13.0. The summed E-state index contributed by atoms with van der Waals surface area (Å²) in [5.41, 5.74) is 3.79. The van der Waals surface area contributed by atoms with Gasteiger partial charge < -0.3 is 4.74 Å². The van der Waals surface area contributed by atoms with Crippen LogP contribution in [0.15, 0.2) is 59.5 Å². The summed E-state index contributed by atoms with van der Waals surface area (Å²) < 4.78 is 32.1. The smallest absolute Gasteiger partial charge is 0.387 e. The van der Waals surface area contributed by atoms with Crippen molar-refractivity contribution in [2.75, 3.05) is 0 Å². The first-order valence-corrected chi connectivity index (χ1v) is 9.38. The molecule has 2 heterocycles. The van der Waals surface area contributed by atoms with Gasteiger partial charge in [0.25, 0.3) is 0 Å². The van der Waals surface area contributed by atoms with E-state index in [9.17, 15) is 8.78 Å². The third-order valence-electron chi connectivity index (χ3n) is 4.29. The first-order valence-electron chi connectivity index (χ1n) is 8.59. The van der Waals surface area contributed by atoms with Gasteiger partial charge in [-0.05, 0) is 28.9 Å². The molecule has 0 aliphatic heterocycles. The zero-order chi connectivity index (χ0) is 19.7. The Hall–Kier alpha value is -2.87. The molecule has 0 aliphatic rings. The maximum atomic E-state index is 12.6. The molecule has 2 aromatic heterocycles. The van der Waals surface area contributed by atoms with Crippen molar-refractivity contribution in [3.8, 4) is 28.3 Å². The van der Waals surface area contributed by atoms with Crippen molar-refractivity contribution < 1.29 is 13.5 Å². The minimum atomic E-state index is -2.91. The Morgan fingerprint density at radius 2 is 1.89 bits per heavy atom. The third-order valence-corrected chi connectivity index (χ3v) is 4.91. The first-order chi connectivity index (χ1) is 13.6. The molecule has 0 aliphatic carbocycles. The van der Waals surface area contributed by atoms with Crippen LogP contribution < -0.4 is 4.74 Å². The maximum Gasteiger partial charge on any atom is 0.387 e. The largest absolute Gasteiger partial charge is 0.434 e. The Morgan fingerprint density at radius 1 is 1.11 bits per heavy atom. The topological polar surface area (TPSA) is 52.8 Å². The van der Waals surface area contributed by atoms with Gasteiger partial charge in [-0.15, -0.1) is 0 Å². The molecule has 0 spiro atoms. The fourth-order valence-corrected chi connectivity index (χ4v) is 3.46. The van der Waals surface area contributed by atoms with Crippen LogP contribution in [-0.2, 0) is 6.54 Å². The Kier molecular flexibility index (Phi) is 5.04. The Balaban J connectivity index is 1.93. The van der Waals surface area contributed by atoms with Gasteiger partial charge in [-0.1, -0.05) is 30.3 Å². The van der Waals surface area contributed by atoms with E-state index in [0.717, 1.165) is 16.8 Å². The zero-order valence-corrected chi connectivity index (χ0v) is 16.4. The fourth-order valence-electron chi connectivity index (χ4n) is 3.02. The van der Waals surface area contributed by atoms with E-state index in [-0.39, 0.29) is 5.75 Å². The summed E-state index contributed by atoms with van der Waals surface area (Å²) in [5, 5.41) is 5.39. The average Bonchev–Trinajstić information content (AvgIpc) is 3.13. The fraction of sp³-hybridized carbons (Fsp3) is 0.150. The first kappa shape index (κ1) is 18.5. The standard InChI is InChI=1S/C20H15BrF2N4O/c1-2-27-10-14(18(26-27)12-6-4-3-5-7-12)19-13-8-15(21)17(28-20(22)23)9-16(13)24-11-25-19/h3-11,20H,2H2,1H3. The van der Waals surface area contributed by atoms with Gasteiger partial charge in [0.15, 0.2) is 0 Å². The van der Waals surface area contributed by atoms with E-state index in [4.69, 9.17) is 0 Å². The van der Waals surface area contributed by atoms with Gasteiger partial charge in [0.1, 0.15) is 17.8 Å². The maximum absolute atomic E-state index is 12.6. The summed E-state index contributed by atoms with van der Waals surface area (Å²) in [4.78, 5) is 8.69. The van der Waals surface area contributed by atoms with E-state index in [0.29, 0.717) is 27.6 Å². The summed E-state index contributed by atoms with van der Waals surface area (Å²) in [6.45, 7) is -0.199. The van der Waals surface area contributed by atoms with Crippen LogP contribution in [0.2, 0.25) is 0 Å². The molecule has 2 aromatic carbocycles. The number of rotatable bonds is 5. The van der Waals surface area contributed by atoms with Crippen molar-refractivity contribution in [3.63, 3.8) is 0 Å². The average molecular weight is 445 g/mol. The molecule has 0 unspecified atom stereocenters. The van der Waals surface area contributed by atoms with E-state index >= 15 is 0 Å². The lowest BCUT2D eigenvalue weighted by Gasteiger charge is -2.10. The molecule has 0 atom stereocenters. The summed E-state index contributed by atoms with van der Waals surface area (Å²) >= 11 is 3.30. The number of aryl methyl sites for hydroxylation is 1. The Morgan fingerprint density at radius 3 is 2.61 bits per heavy atom. The second-order valence-corrected chi connectivity index (χ2v) is 6.87. The number of aromatic nitrogens is 4.